The van der Waals surface area contributed by atoms with Crippen LogP contribution < -0.4 is 24.2 Å². The first kappa shape index (κ1) is 18.5. The molecule has 3 N–H and O–H groups in total. The van der Waals surface area contributed by atoms with E-state index in [-0.39, 0.29) is 28.4 Å². The van der Waals surface area contributed by atoms with Gasteiger partial charge in [-0.3, -0.25) is 10.0 Å². The van der Waals surface area contributed by atoms with Crippen LogP contribution in [0.1, 0.15) is 0 Å². The van der Waals surface area contributed by atoms with Crippen molar-refractivity contribution in [3.05, 3.63) is 35.4 Å². The van der Waals surface area contributed by atoms with E-state index in [0.29, 0.717) is 0 Å². The first-order valence-corrected chi connectivity index (χ1v) is 8.52. The van der Waals surface area contributed by atoms with Crippen LogP contribution in [0.15, 0.2) is 30.3 Å². The molecule has 0 radical (unpaired) electrons. The maximum atomic E-state index is 12.0. The van der Waals surface area contributed by atoms with Crippen molar-refractivity contribution in [2.45, 2.75) is 0 Å². The highest BCUT2D eigenvalue weighted by Gasteiger charge is 2.17. The van der Waals surface area contributed by atoms with E-state index in [1.54, 1.807) is 16.9 Å². The number of carbonyl (C=O) groups is 1. The Hall–Kier alpha value is -2.79. The zero-order chi connectivity index (χ0) is 18.4. The summed E-state index contributed by atoms with van der Waals surface area (Å²) in [6.45, 7) is 0. The number of hydrogen-bond acceptors (Lipinski definition) is 7. The fourth-order valence-electron chi connectivity index (χ4n) is 1.63. The van der Waals surface area contributed by atoms with Gasteiger partial charge < -0.3 is 9.47 Å². The monoisotopic (exact) mass is 387 g/mol. The molecule has 2 aromatic rings. The van der Waals surface area contributed by atoms with E-state index in [9.17, 15) is 13.2 Å². The van der Waals surface area contributed by atoms with Crippen LogP contribution in [0.5, 0.6) is 11.8 Å². The Morgan fingerprint density at radius 1 is 1.12 bits per heavy atom. The summed E-state index contributed by atoms with van der Waals surface area (Å²) in [4.78, 5) is 19.6. The molecule has 0 spiro atoms. The molecule has 10 nitrogen and oxygen atoms in total. The van der Waals surface area contributed by atoms with Gasteiger partial charge in [-0.2, -0.15) is 18.4 Å². The predicted octanol–water partition coefficient (Wildman–Crippen LogP) is 1.63. The largest absolute Gasteiger partial charge is 0.481 e. The number of hydrogen-bond donors (Lipinski definition) is 3. The summed E-state index contributed by atoms with van der Waals surface area (Å²) in [5, 5.41) is 2.34. The van der Waals surface area contributed by atoms with Gasteiger partial charge in [0.15, 0.2) is 0 Å². The standard InChI is InChI=1S/C13H14ClN5O5S/c1-23-10-7-11(24-2)16-12(15-10)17-13(20)19-25(21,22)18-9-6-4-3-5-8(9)14/h3-7,18H,1-2H3,(H2,15,16,17,19,20). The maximum Gasteiger partial charge on any atom is 0.336 e. The Kier molecular flexibility index (Phi) is 5.83. The molecule has 134 valence electrons. The summed E-state index contributed by atoms with van der Waals surface area (Å²) in [5.74, 6) is 0.0417. The third-order valence-corrected chi connectivity index (χ3v) is 3.94. The average Bonchev–Trinajstić information content (AvgIpc) is 2.55. The van der Waals surface area contributed by atoms with Crippen molar-refractivity contribution in [3.8, 4) is 11.8 Å². The lowest BCUT2D eigenvalue weighted by molar-refractivity contribution is 0.256. The van der Waals surface area contributed by atoms with Gasteiger partial charge in [0, 0.05) is 0 Å². The molecule has 0 saturated heterocycles. The summed E-state index contributed by atoms with van der Waals surface area (Å²) in [6, 6.07) is 6.45. The Morgan fingerprint density at radius 3 is 2.28 bits per heavy atom. The van der Waals surface area contributed by atoms with E-state index >= 15 is 0 Å². The average molecular weight is 388 g/mol. The quantitative estimate of drug-likeness (QED) is 0.686. The minimum atomic E-state index is -4.22. The molecule has 2 amide bonds. The van der Waals surface area contributed by atoms with Crippen molar-refractivity contribution in [3.63, 3.8) is 0 Å². The third kappa shape index (κ3) is 5.36. The highest BCUT2D eigenvalue weighted by molar-refractivity contribution is 7.91. The third-order valence-electron chi connectivity index (χ3n) is 2.67. The fraction of sp³-hybridized carbons (Fsp3) is 0.154. The second-order valence-electron chi connectivity index (χ2n) is 4.42. The van der Waals surface area contributed by atoms with Crippen LogP contribution in [0.4, 0.5) is 16.4 Å². The summed E-state index contributed by atoms with van der Waals surface area (Å²) in [6.07, 6.45) is 0. The van der Waals surface area contributed by atoms with E-state index in [1.165, 1.54) is 32.4 Å². The Morgan fingerprint density at radius 2 is 1.72 bits per heavy atom. The topological polar surface area (TPSA) is 132 Å². The van der Waals surface area contributed by atoms with Gasteiger partial charge in [0.1, 0.15) is 0 Å². The van der Waals surface area contributed by atoms with Crippen molar-refractivity contribution in [2.75, 3.05) is 24.3 Å². The SMILES string of the molecule is COc1cc(OC)nc(NC(=O)NS(=O)(=O)Nc2ccccc2Cl)n1. The van der Waals surface area contributed by atoms with Gasteiger partial charge in [0.05, 0.1) is 31.0 Å². The first-order chi connectivity index (χ1) is 11.8. The fourth-order valence-corrected chi connectivity index (χ4v) is 2.68. The Labute approximate surface area is 148 Å². The molecule has 12 heteroatoms. The Bertz CT molecular complexity index is 855. The smallest absolute Gasteiger partial charge is 0.336 e. The lowest BCUT2D eigenvalue weighted by Gasteiger charge is -2.11. The summed E-state index contributed by atoms with van der Waals surface area (Å²) >= 11 is 5.86. The molecule has 0 unspecified atom stereocenters. The molecule has 0 fully saturated rings. The van der Waals surface area contributed by atoms with Gasteiger partial charge in [-0.15, -0.1) is 0 Å². The second-order valence-corrected chi connectivity index (χ2v) is 6.24. The van der Waals surface area contributed by atoms with E-state index in [0.717, 1.165) is 0 Å². The van der Waals surface area contributed by atoms with Crippen LogP contribution in [0.2, 0.25) is 5.02 Å². The zero-order valence-electron chi connectivity index (χ0n) is 13.1. The van der Waals surface area contributed by atoms with Crippen molar-refractivity contribution in [1.29, 1.82) is 0 Å². The van der Waals surface area contributed by atoms with Crippen LogP contribution in [0.25, 0.3) is 0 Å². The van der Waals surface area contributed by atoms with Gasteiger partial charge >= 0.3 is 16.2 Å². The van der Waals surface area contributed by atoms with Gasteiger partial charge in [-0.1, -0.05) is 23.7 Å². The van der Waals surface area contributed by atoms with Gasteiger partial charge in [0.2, 0.25) is 17.7 Å². The summed E-state index contributed by atoms with van der Waals surface area (Å²) in [7, 11) is -1.49. The molecule has 2 rings (SSSR count). The number of carbonyl (C=O) groups excluding carboxylic acids is 1. The van der Waals surface area contributed by atoms with Crippen LogP contribution in [-0.2, 0) is 10.2 Å². The summed E-state index contributed by atoms with van der Waals surface area (Å²) in [5.41, 5.74) is 0.115. The molecule has 1 aromatic heterocycles. The van der Waals surface area contributed by atoms with Crippen LogP contribution in [-0.4, -0.2) is 38.6 Å². The molecule has 0 aliphatic carbocycles. The number of nitrogens with zero attached hydrogens (tertiary/aromatic N) is 2. The van der Waals surface area contributed by atoms with Gasteiger partial charge in [-0.05, 0) is 12.1 Å². The van der Waals surface area contributed by atoms with E-state index in [2.05, 4.69) is 20.0 Å². The number of para-hydroxylation sites is 1. The number of amides is 2. The molecule has 0 atom stereocenters. The number of urea groups is 1. The highest BCUT2D eigenvalue weighted by Crippen LogP contribution is 2.21. The van der Waals surface area contributed by atoms with Crippen molar-refractivity contribution in [2.24, 2.45) is 0 Å². The Balaban J connectivity index is 2.08. The lowest BCUT2D eigenvalue weighted by atomic mass is 10.3. The molecular weight excluding hydrogens is 374 g/mol. The van der Waals surface area contributed by atoms with Crippen molar-refractivity contribution >= 4 is 39.5 Å². The van der Waals surface area contributed by atoms with Crippen molar-refractivity contribution in [1.82, 2.24) is 14.7 Å². The van der Waals surface area contributed by atoms with E-state index in [1.807, 2.05) is 0 Å². The van der Waals surface area contributed by atoms with E-state index < -0.39 is 16.2 Å². The molecule has 0 aliphatic heterocycles. The molecule has 0 bridgehead atoms. The predicted molar refractivity (Wildman–Crippen MR) is 91.3 cm³/mol. The lowest BCUT2D eigenvalue weighted by Crippen LogP contribution is -2.38. The van der Waals surface area contributed by atoms with E-state index in [4.69, 9.17) is 21.1 Å². The van der Waals surface area contributed by atoms with Gasteiger partial charge in [0.25, 0.3) is 0 Å². The number of aromatic nitrogens is 2. The maximum absolute atomic E-state index is 12.0. The number of rotatable bonds is 6. The molecule has 0 aliphatic rings. The number of halogens is 1. The van der Waals surface area contributed by atoms with Crippen LogP contribution in [0.3, 0.4) is 0 Å². The zero-order valence-corrected chi connectivity index (χ0v) is 14.7. The summed E-state index contributed by atoms with van der Waals surface area (Å²) < 4.78 is 37.7. The molecule has 0 saturated carbocycles. The number of nitrogens with one attached hydrogen (secondary N) is 3. The number of anilines is 2. The second kappa shape index (κ2) is 7.85. The van der Waals surface area contributed by atoms with Gasteiger partial charge in [-0.25, -0.2) is 9.52 Å². The molecule has 25 heavy (non-hydrogen) atoms. The molecule has 1 aromatic carbocycles. The number of benzene rings is 1. The minimum Gasteiger partial charge on any atom is -0.481 e. The van der Waals surface area contributed by atoms with Crippen LogP contribution in [0, 0.1) is 0 Å². The van der Waals surface area contributed by atoms with Crippen LogP contribution >= 0.6 is 11.6 Å². The molecule has 1 heterocycles. The highest BCUT2D eigenvalue weighted by atomic mass is 35.5. The van der Waals surface area contributed by atoms with Crippen molar-refractivity contribution < 1.29 is 22.7 Å². The minimum absolute atomic E-state index is 0.115. The number of methoxy groups -OCH3 is 2. The first-order valence-electron chi connectivity index (χ1n) is 6.66. The normalized spacial score (nSPS) is 10.7. The number of ether oxygens (including phenoxy) is 2. The molecular formula is C13H14ClN5O5S.